The van der Waals surface area contributed by atoms with Crippen LogP contribution >= 0.6 is 0 Å². The molecule has 5 nitrogen and oxygen atoms in total. The first kappa shape index (κ1) is 15.7. The van der Waals surface area contributed by atoms with Gasteiger partial charge in [-0.05, 0) is 18.9 Å². The second-order valence-electron chi connectivity index (χ2n) is 6.17. The van der Waals surface area contributed by atoms with Crippen LogP contribution in [0, 0.1) is 5.92 Å². The van der Waals surface area contributed by atoms with Crippen molar-refractivity contribution in [3.63, 3.8) is 0 Å². The predicted octanol–water partition coefficient (Wildman–Crippen LogP) is 2.11. The third kappa shape index (κ3) is 3.42. The fraction of sp³-hybridized carbons (Fsp3) is 0.706. The molecule has 1 aromatic heterocycles. The molecular weight excluding hydrogens is 280 g/mol. The van der Waals surface area contributed by atoms with Gasteiger partial charge in [0.2, 0.25) is 0 Å². The van der Waals surface area contributed by atoms with E-state index in [1.165, 1.54) is 19.3 Å². The summed E-state index contributed by atoms with van der Waals surface area (Å²) in [6.45, 7) is 3.40. The molecule has 2 fully saturated rings. The molecule has 1 saturated carbocycles. The van der Waals surface area contributed by atoms with E-state index in [4.69, 9.17) is 14.2 Å². The van der Waals surface area contributed by atoms with Crippen LogP contribution in [0.1, 0.15) is 25.0 Å². The van der Waals surface area contributed by atoms with Crippen molar-refractivity contribution < 1.29 is 14.2 Å². The molecule has 0 radical (unpaired) electrons. The zero-order valence-electron chi connectivity index (χ0n) is 13.5. The van der Waals surface area contributed by atoms with Gasteiger partial charge >= 0.3 is 0 Å². The maximum Gasteiger partial charge on any atom is 0.122 e. The summed E-state index contributed by atoms with van der Waals surface area (Å²) in [5, 5.41) is 0. The van der Waals surface area contributed by atoms with Crippen molar-refractivity contribution in [3.8, 4) is 5.75 Å². The first-order valence-electron chi connectivity index (χ1n) is 8.15. The van der Waals surface area contributed by atoms with E-state index in [1.54, 1.807) is 7.11 Å². The second kappa shape index (κ2) is 7.40. The van der Waals surface area contributed by atoms with Gasteiger partial charge in [0.1, 0.15) is 5.75 Å². The normalized spacial score (nSPS) is 29.6. The van der Waals surface area contributed by atoms with E-state index in [9.17, 15) is 0 Å². The monoisotopic (exact) mass is 306 g/mol. The summed E-state index contributed by atoms with van der Waals surface area (Å²) in [5.41, 5.74) is 1.05. The van der Waals surface area contributed by atoms with Gasteiger partial charge in [-0.1, -0.05) is 6.42 Å². The fourth-order valence-corrected chi connectivity index (χ4v) is 3.81. The standard InChI is InChI=1S/C17H26N2O3/c1-20-14-6-7-18-13(10-14)11-19-8-9-22-12-16(19)15-4-3-5-17(15)21-2/h6-7,10,15-17H,3-5,8-9,11-12H2,1-2H3. The summed E-state index contributed by atoms with van der Waals surface area (Å²) in [5.74, 6) is 1.43. The van der Waals surface area contributed by atoms with Crippen LogP contribution in [0.3, 0.4) is 0 Å². The van der Waals surface area contributed by atoms with Crippen molar-refractivity contribution in [2.45, 2.75) is 38.0 Å². The molecule has 3 atom stereocenters. The molecule has 1 aliphatic carbocycles. The Morgan fingerprint density at radius 2 is 2.27 bits per heavy atom. The number of hydrogen-bond acceptors (Lipinski definition) is 5. The van der Waals surface area contributed by atoms with E-state index in [-0.39, 0.29) is 0 Å². The SMILES string of the molecule is COc1ccnc(CN2CCOCC2C2CCCC2OC)c1. The molecule has 1 saturated heterocycles. The molecule has 0 spiro atoms. The summed E-state index contributed by atoms with van der Waals surface area (Å²) in [4.78, 5) is 7.00. The van der Waals surface area contributed by atoms with Gasteiger partial charge in [0.15, 0.2) is 0 Å². The number of aromatic nitrogens is 1. The molecule has 122 valence electrons. The van der Waals surface area contributed by atoms with Gasteiger partial charge in [0, 0.05) is 44.4 Å². The van der Waals surface area contributed by atoms with Crippen LogP contribution in [0.25, 0.3) is 0 Å². The molecule has 22 heavy (non-hydrogen) atoms. The van der Waals surface area contributed by atoms with Gasteiger partial charge in [-0.3, -0.25) is 9.88 Å². The lowest BCUT2D eigenvalue weighted by molar-refractivity contribution is -0.0612. The highest BCUT2D eigenvalue weighted by molar-refractivity contribution is 5.22. The zero-order chi connectivity index (χ0) is 15.4. The maximum atomic E-state index is 5.76. The maximum absolute atomic E-state index is 5.76. The van der Waals surface area contributed by atoms with Gasteiger partial charge in [-0.2, -0.15) is 0 Å². The Morgan fingerprint density at radius 3 is 3.09 bits per heavy atom. The summed E-state index contributed by atoms with van der Waals surface area (Å²) in [7, 11) is 3.53. The summed E-state index contributed by atoms with van der Waals surface area (Å²) in [6, 6.07) is 4.34. The van der Waals surface area contributed by atoms with Crippen molar-refractivity contribution in [1.29, 1.82) is 0 Å². The predicted molar refractivity (Wildman–Crippen MR) is 83.9 cm³/mol. The number of methoxy groups -OCH3 is 2. The minimum atomic E-state index is 0.368. The smallest absolute Gasteiger partial charge is 0.122 e. The van der Waals surface area contributed by atoms with Gasteiger partial charge in [0.25, 0.3) is 0 Å². The zero-order valence-corrected chi connectivity index (χ0v) is 13.5. The van der Waals surface area contributed by atoms with Crippen molar-refractivity contribution >= 4 is 0 Å². The molecule has 3 unspecified atom stereocenters. The quantitative estimate of drug-likeness (QED) is 0.833. The highest BCUT2D eigenvalue weighted by Crippen LogP contribution is 2.34. The van der Waals surface area contributed by atoms with E-state index in [0.717, 1.165) is 37.7 Å². The first-order valence-corrected chi connectivity index (χ1v) is 8.15. The number of hydrogen-bond donors (Lipinski definition) is 0. The van der Waals surface area contributed by atoms with E-state index in [1.807, 2.05) is 25.4 Å². The Labute approximate surface area is 132 Å². The minimum Gasteiger partial charge on any atom is -0.497 e. The Bertz CT molecular complexity index is 483. The van der Waals surface area contributed by atoms with Crippen LogP contribution < -0.4 is 4.74 Å². The number of ether oxygens (including phenoxy) is 3. The summed E-state index contributed by atoms with van der Waals surface area (Å²) >= 11 is 0. The van der Waals surface area contributed by atoms with Gasteiger partial charge in [-0.15, -0.1) is 0 Å². The number of pyridine rings is 1. The van der Waals surface area contributed by atoms with Crippen molar-refractivity contribution in [1.82, 2.24) is 9.88 Å². The lowest BCUT2D eigenvalue weighted by Crippen LogP contribution is -2.51. The minimum absolute atomic E-state index is 0.368. The number of rotatable bonds is 5. The largest absolute Gasteiger partial charge is 0.497 e. The highest BCUT2D eigenvalue weighted by Gasteiger charge is 2.38. The topological polar surface area (TPSA) is 43.8 Å². The van der Waals surface area contributed by atoms with Crippen LogP contribution in [-0.4, -0.2) is 56.0 Å². The average molecular weight is 306 g/mol. The molecule has 2 heterocycles. The Hall–Kier alpha value is -1.17. The van der Waals surface area contributed by atoms with E-state index in [0.29, 0.717) is 18.1 Å². The molecule has 0 N–H and O–H groups in total. The van der Waals surface area contributed by atoms with E-state index >= 15 is 0 Å². The van der Waals surface area contributed by atoms with Crippen LogP contribution in [0.4, 0.5) is 0 Å². The lowest BCUT2D eigenvalue weighted by atomic mass is 9.94. The molecule has 3 rings (SSSR count). The van der Waals surface area contributed by atoms with Crippen LogP contribution in [0.5, 0.6) is 5.75 Å². The third-order valence-corrected chi connectivity index (χ3v) is 4.97. The number of nitrogens with zero attached hydrogens (tertiary/aromatic N) is 2. The second-order valence-corrected chi connectivity index (χ2v) is 6.17. The molecule has 0 aromatic carbocycles. The Morgan fingerprint density at radius 1 is 1.36 bits per heavy atom. The van der Waals surface area contributed by atoms with Crippen LogP contribution in [-0.2, 0) is 16.0 Å². The fourth-order valence-electron chi connectivity index (χ4n) is 3.81. The molecule has 0 amide bonds. The molecule has 0 bridgehead atoms. The average Bonchev–Trinajstić information content (AvgIpc) is 3.04. The molecule has 1 aromatic rings. The Balaban J connectivity index is 1.72. The molecular formula is C17H26N2O3. The van der Waals surface area contributed by atoms with Crippen LogP contribution in [0.15, 0.2) is 18.3 Å². The van der Waals surface area contributed by atoms with Crippen molar-refractivity contribution in [2.24, 2.45) is 5.92 Å². The van der Waals surface area contributed by atoms with Crippen LogP contribution in [0.2, 0.25) is 0 Å². The first-order chi connectivity index (χ1) is 10.8. The molecule has 1 aliphatic heterocycles. The number of morpholine rings is 1. The van der Waals surface area contributed by atoms with Gasteiger partial charge in [-0.25, -0.2) is 0 Å². The lowest BCUT2D eigenvalue weighted by Gasteiger charge is -2.40. The van der Waals surface area contributed by atoms with Gasteiger partial charge in [0.05, 0.1) is 32.1 Å². The molecule has 2 aliphatic rings. The summed E-state index contributed by atoms with van der Waals surface area (Å²) < 4.78 is 16.8. The van der Waals surface area contributed by atoms with Crippen molar-refractivity contribution in [2.75, 3.05) is 34.0 Å². The Kier molecular flexibility index (Phi) is 5.28. The highest BCUT2D eigenvalue weighted by atomic mass is 16.5. The van der Waals surface area contributed by atoms with E-state index < -0.39 is 0 Å². The molecule has 5 heteroatoms. The summed E-state index contributed by atoms with van der Waals surface area (Å²) in [6.07, 6.45) is 5.84. The van der Waals surface area contributed by atoms with Crippen molar-refractivity contribution in [3.05, 3.63) is 24.0 Å². The third-order valence-electron chi connectivity index (χ3n) is 4.97. The van der Waals surface area contributed by atoms with Gasteiger partial charge < -0.3 is 14.2 Å². The van der Waals surface area contributed by atoms with E-state index in [2.05, 4.69) is 9.88 Å².